The van der Waals surface area contributed by atoms with Crippen LogP contribution in [0.3, 0.4) is 0 Å². The van der Waals surface area contributed by atoms with Crippen LogP contribution in [0, 0.1) is 17.2 Å². The zero-order valence-electron chi connectivity index (χ0n) is 8.84. The van der Waals surface area contributed by atoms with Crippen molar-refractivity contribution in [1.82, 2.24) is 5.32 Å². The third kappa shape index (κ3) is 6.56. The third-order valence-corrected chi connectivity index (χ3v) is 2.02. The summed E-state index contributed by atoms with van der Waals surface area (Å²) < 4.78 is 5.09. The second-order valence-corrected chi connectivity index (χ2v) is 3.52. The van der Waals surface area contributed by atoms with E-state index in [1.807, 2.05) is 0 Å². The van der Waals surface area contributed by atoms with Crippen molar-refractivity contribution in [2.24, 2.45) is 5.92 Å². The summed E-state index contributed by atoms with van der Waals surface area (Å²) in [6.07, 6.45) is 1.55. The molecule has 1 unspecified atom stereocenters. The Morgan fingerprint density at radius 1 is 1.46 bits per heavy atom. The maximum atomic E-state index is 8.34. The van der Waals surface area contributed by atoms with E-state index in [4.69, 9.17) is 10.00 Å². The molecule has 0 fully saturated rings. The number of nitrogens with one attached hydrogen (secondary N) is 1. The van der Waals surface area contributed by atoms with Crippen LogP contribution in [0.4, 0.5) is 0 Å². The van der Waals surface area contributed by atoms with Crippen molar-refractivity contribution in [2.45, 2.75) is 32.7 Å². The Balaban J connectivity index is 3.52. The maximum Gasteiger partial charge on any atom is 0.0622 e. The van der Waals surface area contributed by atoms with E-state index in [2.05, 4.69) is 25.2 Å². The Morgan fingerprint density at radius 2 is 2.15 bits per heavy atom. The fourth-order valence-electron chi connectivity index (χ4n) is 1.12. The van der Waals surface area contributed by atoms with E-state index in [0.29, 0.717) is 18.4 Å². The van der Waals surface area contributed by atoms with Crippen molar-refractivity contribution in [1.29, 1.82) is 5.26 Å². The van der Waals surface area contributed by atoms with Crippen molar-refractivity contribution in [2.75, 3.05) is 20.3 Å². The molecule has 3 heteroatoms. The normalized spacial score (nSPS) is 12.8. The predicted octanol–water partition coefficient (Wildman–Crippen LogP) is 1.55. The summed E-state index contributed by atoms with van der Waals surface area (Å²) >= 11 is 0. The van der Waals surface area contributed by atoms with Crippen LogP contribution >= 0.6 is 0 Å². The average molecular weight is 184 g/mol. The van der Waals surface area contributed by atoms with Crippen LogP contribution in [0.15, 0.2) is 0 Å². The Kier molecular flexibility index (Phi) is 7.66. The lowest BCUT2D eigenvalue weighted by Gasteiger charge is -2.21. The van der Waals surface area contributed by atoms with E-state index >= 15 is 0 Å². The van der Waals surface area contributed by atoms with E-state index < -0.39 is 0 Å². The molecule has 0 rings (SSSR count). The Labute approximate surface area is 81.1 Å². The number of rotatable bonds is 7. The van der Waals surface area contributed by atoms with Crippen LogP contribution < -0.4 is 5.32 Å². The summed E-state index contributed by atoms with van der Waals surface area (Å²) in [7, 11) is 1.71. The number of unbranched alkanes of at least 4 members (excludes halogenated alkanes) is 1. The van der Waals surface area contributed by atoms with Gasteiger partial charge in [0, 0.05) is 19.6 Å². The molecule has 3 nitrogen and oxygen atoms in total. The van der Waals surface area contributed by atoms with Crippen LogP contribution in [-0.4, -0.2) is 26.3 Å². The minimum Gasteiger partial charge on any atom is -0.383 e. The van der Waals surface area contributed by atoms with Gasteiger partial charge in [-0.3, -0.25) is 0 Å². The highest BCUT2D eigenvalue weighted by Crippen LogP contribution is 2.01. The SMILES string of the molecule is COCC(NCCCC#N)C(C)C. The van der Waals surface area contributed by atoms with Gasteiger partial charge in [0.1, 0.15) is 0 Å². The summed E-state index contributed by atoms with van der Waals surface area (Å²) in [5.41, 5.74) is 0. The van der Waals surface area contributed by atoms with Crippen molar-refractivity contribution >= 4 is 0 Å². The Morgan fingerprint density at radius 3 is 2.62 bits per heavy atom. The predicted molar refractivity (Wildman–Crippen MR) is 53.4 cm³/mol. The number of ether oxygens (including phenoxy) is 1. The van der Waals surface area contributed by atoms with Crippen molar-refractivity contribution in [3.05, 3.63) is 0 Å². The molecule has 0 aliphatic rings. The topological polar surface area (TPSA) is 45.0 Å². The molecular weight excluding hydrogens is 164 g/mol. The maximum absolute atomic E-state index is 8.34. The van der Waals surface area contributed by atoms with Gasteiger partial charge in [-0.25, -0.2) is 0 Å². The van der Waals surface area contributed by atoms with E-state index in [-0.39, 0.29) is 0 Å². The van der Waals surface area contributed by atoms with Crippen LogP contribution in [0.1, 0.15) is 26.7 Å². The molecule has 0 aliphatic heterocycles. The number of nitrogens with zero attached hydrogens (tertiary/aromatic N) is 1. The summed E-state index contributed by atoms with van der Waals surface area (Å²) in [6, 6.07) is 2.54. The standard InChI is InChI=1S/C10H20N2O/c1-9(2)10(8-13-3)12-7-5-4-6-11/h9-10,12H,4-5,7-8H2,1-3H3. The second kappa shape index (κ2) is 8.03. The highest BCUT2D eigenvalue weighted by Gasteiger charge is 2.11. The summed E-state index contributed by atoms with van der Waals surface area (Å²) in [4.78, 5) is 0. The van der Waals surface area contributed by atoms with Gasteiger partial charge in [0.2, 0.25) is 0 Å². The van der Waals surface area contributed by atoms with Crippen LogP contribution in [-0.2, 0) is 4.74 Å². The summed E-state index contributed by atoms with van der Waals surface area (Å²) in [6.45, 7) is 5.98. The lowest BCUT2D eigenvalue weighted by Crippen LogP contribution is -2.38. The van der Waals surface area contributed by atoms with Gasteiger partial charge in [-0.05, 0) is 18.9 Å². The van der Waals surface area contributed by atoms with Gasteiger partial charge in [-0.2, -0.15) is 5.26 Å². The third-order valence-electron chi connectivity index (χ3n) is 2.02. The van der Waals surface area contributed by atoms with Gasteiger partial charge in [-0.1, -0.05) is 13.8 Å². The quantitative estimate of drug-likeness (QED) is 0.611. The van der Waals surface area contributed by atoms with E-state index in [1.54, 1.807) is 7.11 Å². The van der Waals surface area contributed by atoms with Crippen LogP contribution in [0.5, 0.6) is 0 Å². The Hall–Kier alpha value is -0.590. The molecule has 1 N–H and O–H groups in total. The van der Waals surface area contributed by atoms with Crippen molar-refractivity contribution in [3.63, 3.8) is 0 Å². The van der Waals surface area contributed by atoms with Gasteiger partial charge < -0.3 is 10.1 Å². The van der Waals surface area contributed by atoms with Gasteiger partial charge in [0.05, 0.1) is 12.7 Å². The molecule has 0 bridgehead atoms. The lowest BCUT2D eigenvalue weighted by atomic mass is 10.1. The molecule has 0 saturated heterocycles. The van der Waals surface area contributed by atoms with Gasteiger partial charge in [-0.15, -0.1) is 0 Å². The van der Waals surface area contributed by atoms with E-state index in [0.717, 1.165) is 19.6 Å². The zero-order chi connectivity index (χ0) is 10.1. The van der Waals surface area contributed by atoms with Gasteiger partial charge in [0.25, 0.3) is 0 Å². The van der Waals surface area contributed by atoms with Gasteiger partial charge >= 0.3 is 0 Å². The molecule has 0 radical (unpaired) electrons. The lowest BCUT2D eigenvalue weighted by molar-refractivity contribution is 0.147. The van der Waals surface area contributed by atoms with E-state index in [9.17, 15) is 0 Å². The molecule has 0 amide bonds. The molecule has 1 atom stereocenters. The highest BCUT2D eigenvalue weighted by molar-refractivity contribution is 4.73. The monoisotopic (exact) mass is 184 g/mol. The fraction of sp³-hybridized carbons (Fsp3) is 0.900. The molecule has 0 spiro atoms. The average Bonchev–Trinajstić information content (AvgIpc) is 2.10. The highest BCUT2D eigenvalue weighted by atomic mass is 16.5. The number of methoxy groups -OCH3 is 1. The first-order valence-electron chi connectivity index (χ1n) is 4.81. The van der Waals surface area contributed by atoms with Crippen molar-refractivity contribution < 1.29 is 4.74 Å². The molecule has 76 valence electrons. The largest absolute Gasteiger partial charge is 0.383 e. The first-order valence-corrected chi connectivity index (χ1v) is 4.81. The summed E-state index contributed by atoms with van der Waals surface area (Å²) in [5, 5.41) is 11.7. The smallest absolute Gasteiger partial charge is 0.0622 e. The zero-order valence-corrected chi connectivity index (χ0v) is 8.84. The first kappa shape index (κ1) is 12.4. The second-order valence-electron chi connectivity index (χ2n) is 3.52. The molecule has 0 aromatic rings. The van der Waals surface area contributed by atoms with Crippen LogP contribution in [0.25, 0.3) is 0 Å². The van der Waals surface area contributed by atoms with E-state index in [1.165, 1.54) is 0 Å². The minimum absolute atomic E-state index is 0.406. The van der Waals surface area contributed by atoms with Gasteiger partial charge in [0.15, 0.2) is 0 Å². The molecule has 0 heterocycles. The van der Waals surface area contributed by atoms with Crippen LogP contribution in [0.2, 0.25) is 0 Å². The number of nitriles is 1. The molecular formula is C10H20N2O. The molecule has 0 aliphatic carbocycles. The molecule has 13 heavy (non-hydrogen) atoms. The minimum atomic E-state index is 0.406. The Bertz CT molecular complexity index is 151. The summed E-state index contributed by atoms with van der Waals surface area (Å²) in [5.74, 6) is 0.571. The molecule has 0 aromatic heterocycles. The molecule has 0 saturated carbocycles. The number of hydrogen-bond acceptors (Lipinski definition) is 3. The first-order chi connectivity index (χ1) is 6.22. The fourth-order valence-corrected chi connectivity index (χ4v) is 1.12. The van der Waals surface area contributed by atoms with Crippen molar-refractivity contribution in [3.8, 4) is 6.07 Å². The number of hydrogen-bond donors (Lipinski definition) is 1. The molecule has 0 aromatic carbocycles.